The second-order valence-corrected chi connectivity index (χ2v) is 14.7. The number of hydrogen-bond donors (Lipinski definition) is 3. The quantitative estimate of drug-likeness (QED) is 0.0649. The normalized spacial score (nSPS) is 12.4. The molecule has 5 aromatic rings. The number of fused-ring (bicyclic) bond motifs is 2. The Morgan fingerprint density at radius 2 is 1.59 bits per heavy atom. The Bertz CT molecular complexity index is 2280. The highest BCUT2D eigenvalue weighted by atomic mass is 32.2. The highest BCUT2D eigenvalue weighted by Gasteiger charge is 2.26. The number of amides is 2. The van der Waals surface area contributed by atoms with E-state index in [9.17, 15) is 22.8 Å². The molecule has 278 valence electrons. The number of sulfonamides is 1. The van der Waals surface area contributed by atoms with Crippen LogP contribution in [0.4, 0.5) is 16.2 Å². The molecule has 0 bridgehead atoms. The number of carbonyl (C=O) groups is 3. The molecule has 0 saturated heterocycles. The van der Waals surface area contributed by atoms with E-state index in [1.807, 2.05) is 60.7 Å². The Labute approximate surface area is 314 Å². The Morgan fingerprint density at radius 3 is 2.37 bits per heavy atom. The van der Waals surface area contributed by atoms with Gasteiger partial charge in [-0.3, -0.25) is 25.0 Å². The predicted octanol–water partition coefficient (Wildman–Crippen LogP) is 7.30. The first-order valence-electron chi connectivity index (χ1n) is 17.8. The van der Waals surface area contributed by atoms with Gasteiger partial charge in [-0.2, -0.15) is 0 Å². The van der Waals surface area contributed by atoms with Gasteiger partial charge in [0.25, 0.3) is 10.0 Å². The van der Waals surface area contributed by atoms with Gasteiger partial charge in [0.1, 0.15) is 12.4 Å². The summed E-state index contributed by atoms with van der Waals surface area (Å²) in [6.45, 7) is 0.660. The number of benzene rings is 5. The van der Waals surface area contributed by atoms with E-state index < -0.39 is 16.1 Å². The van der Waals surface area contributed by atoms with Gasteiger partial charge in [-0.15, -0.1) is 0 Å². The minimum Gasteiger partial charge on any atom is -0.469 e. The number of ether oxygens (including phenoxy) is 2. The first-order valence-corrected chi connectivity index (χ1v) is 19.3. The number of aryl methyl sites for hydroxylation is 3. The van der Waals surface area contributed by atoms with Gasteiger partial charge in [-0.25, -0.2) is 13.2 Å². The molecule has 0 saturated carbocycles. The van der Waals surface area contributed by atoms with Crippen molar-refractivity contribution >= 4 is 56.0 Å². The summed E-state index contributed by atoms with van der Waals surface area (Å²) in [6.07, 6.45) is 2.47. The van der Waals surface area contributed by atoms with Gasteiger partial charge in [-0.05, 0) is 77.9 Å². The van der Waals surface area contributed by atoms with Crippen LogP contribution in [0.3, 0.4) is 0 Å². The van der Waals surface area contributed by atoms with Gasteiger partial charge < -0.3 is 14.4 Å². The Hall–Kier alpha value is -6.01. The maximum atomic E-state index is 14.0. The van der Waals surface area contributed by atoms with Crippen LogP contribution < -0.4 is 14.9 Å². The molecular formula is C42H42N4O7S. The molecule has 54 heavy (non-hydrogen) atoms. The lowest BCUT2D eigenvalue weighted by Crippen LogP contribution is -2.35. The van der Waals surface area contributed by atoms with Crippen molar-refractivity contribution in [2.24, 2.45) is 0 Å². The smallest absolute Gasteiger partial charge is 0.413 e. The topological polar surface area (TPSA) is 155 Å². The zero-order chi connectivity index (χ0) is 38.1. The number of esters is 1. The lowest BCUT2D eigenvalue weighted by atomic mass is 10.00. The molecule has 0 atom stereocenters. The summed E-state index contributed by atoms with van der Waals surface area (Å²) < 4.78 is 40.8. The second kappa shape index (κ2) is 17.2. The molecule has 12 heteroatoms. The number of carbonyl (C=O) groups excluding carboxylic acids is 3. The Kier molecular flexibility index (Phi) is 12.0. The molecule has 0 aromatic heterocycles. The number of anilines is 2. The lowest BCUT2D eigenvalue weighted by molar-refractivity contribution is -0.140. The minimum atomic E-state index is -4.04. The SMILES string of the molecule is COC(=O)CCCc1ccc2ccccc2c1S(=O)(=O)Nc1ccc2c(c1)CCCN2C(=O)CCc1ccc(C(=N)NC(=O)OCc2ccccc2)cc1. The molecule has 0 fully saturated rings. The van der Waals surface area contributed by atoms with E-state index >= 15 is 0 Å². The molecular weight excluding hydrogens is 705 g/mol. The summed E-state index contributed by atoms with van der Waals surface area (Å²) in [7, 11) is -2.71. The zero-order valence-corrected chi connectivity index (χ0v) is 30.8. The highest BCUT2D eigenvalue weighted by molar-refractivity contribution is 7.93. The molecule has 1 aliphatic heterocycles. The summed E-state index contributed by atoms with van der Waals surface area (Å²) in [5, 5.41) is 12.1. The fraction of sp³-hybridized carbons (Fsp3) is 0.238. The van der Waals surface area contributed by atoms with E-state index in [2.05, 4.69) is 10.0 Å². The van der Waals surface area contributed by atoms with Crippen molar-refractivity contribution in [3.8, 4) is 0 Å². The number of methoxy groups -OCH3 is 1. The van der Waals surface area contributed by atoms with Crippen LogP contribution in [0, 0.1) is 5.41 Å². The summed E-state index contributed by atoms with van der Waals surface area (Å²) in [4.78, 5) is 39.3. The standard InChI is InChI=1S/C42H42N4O7S/c1-52-39(48)15-7-12-32-22-21-31-11-5-6-14-36(31)40(32)54(50,51)45-35-23-24-37-34(27-35)13-8-26-46(37)38(47)25-18-29-16-19-33(20-17-29)41(43)44-42(49)53-28-30-9-3-2-4-10-30/h2-6,9-11,14,16-17,19-24,27,45H,7-8,12-13,15,18,25-26,28H2,1H3,(H2,43,44,49). The van der Waals surface area contributed by atoms with Gasteiger partial charge in [0.2, 0.25) is 5.91 Å². The minimum absolute atomic E-state index is 0.0451. The van der Waals surface area contributed by atoms with Crippen molar-refractivity contribution in [2.75, 3.05) is 23.3 Å². The van der Waals surface area contributed by atoms with Crippen molar-refractivity contribution in [1.29, 1.82) is 5.41 Å². The van der Waals surface area contributed by atoms with Gasteiger partial charge in [0, 0.05) is 41.7 Å². The van der Waals surface area contributed by atoms with Crippen molar-refractivity contribution in [2.45, 2.75) is 56.4 Å². The van der Waals surface area contributed by atoms with E-state index in [4.69, 9.17) is 14.9 Å². The summed E-state index contributed by atoms with van der Waals surface area (Å²) in [5.41, 5.74) is 4.92. The number of nitrogens with zero attached hydrogens (tertiary/aromatic N) is 1. The molecule has 0 unspecified atom stereocenters. The van der Waals surface area contributed by atoms with E-state index in [1.165, 1.54) is 7.11 Å². The average molecular weight is 747 g/mol. The average Bonchev–Trinajstić information content (AvgIpc) is 3.18. The molecule has 1 heterocycles. The van der Waals surface area contributed by atoms with Crippen molar-refractivity contribution < 1.29 is 32.3 Å². The van der Waals surface area contributed by atoms with Crippen molar-refractivity contribution in [3.05, 3.63) is 137 Å². The van der Waals surface area contributed by atoms with Crippen molar-refractivity contribution in [3.63, 3.8) is 0 Å². The largest absolute Gasteiger partial charge is 0.469 e. The molecule has 3 N–H and O–H groups in total. The molecule has 11 nitrogen and oxygen atoms in total. The second-order valence-electron chi connectivity index (χ2n) is 13.1. The summed E-state index contributed by atoms with van der Waals surface area (Å²) in [5.74, 6) is -0.479. The van der Waals surface area contributed by atoms with Crippen LogP contribution in [0.15, 0.2) is 114 Å². The third kappa shape index (κ3) is 9.31. The van der Waals surface area contributed by atoms with Crippen LogP contribution in [0.1, 0.15) is 53.5 Å². The molecule has 1 aliphatic rings. The predicted molar refractivity (Wildman–Crippen MR) is 208 cm³/mol. The van der Waals surface area contributed by atoms with Crippen molar-refractivity contribution in [1.82, 2.24) is 5.32 Å². The molecule has 5 aromatic carbocycles. The van der Waals surface area contributed by atoms with Crippen LogP contribution in [0.25, 0.3) is 10.8 Å². The third-order valence-electron chi connectivity index (χ3n) is 9.35. The fourth-order valence-electron chi connectivity index (χ4n) is 6.61. The maximum Gasteiger partial charge on any atom is 0.413 e. The van der Waals surface area contributed by atoms with E-state index in [0.29, 0.717) is 54.4 Å². The van der Waals surface area contributed by atoms with E-state index in [-0.39, 0.29) is 42.1 Å². The van der Waals surface area contributed by atoms with Crippen LogP contribution in [0.5, 0.6) is 0 Å². The van der Waals surface area contributed by atoms with Gasteiger partial charge in [-0.1, -0.05) is 91.0 Å². The fourth-order valence-corrected chi connectivity index (χ4v) is 8.14. The lowest BCUT2D eigenvalue weighted by Gasteiger charge is -2.30. The number of rotatable bonds is 13. The van der Waals surface area contributed by atoms with Gasteiger partial charge in [0.05, 0.1) is 12.0 Å². The number of alkyl carbamates (subject to hydrolysis) is 1. The van der Waals surface area contributed by atoms with Crippen LogP contribution in [-0.4, -0.2) is 45.9 Å². The summed E-state index contributed by atoms with van der Waals surface area (Å²) in [6, 6.07) is 32.7. The molecule has 0 radical (unpaired) electrons. The van der Waals surface area contributed by atoms with E-state index in [0.717, 1.165) is 34.2 Å². The van der Waals surface area contributed by atoms with Crippen LogP contribution >= 0.6 is 0 Å². The molecule has 0 spiro atoms. The number of hydrogen-bond acceptors (Lipinski definition) is 8. The summed E-state index contributed by atoms with van der Waals surface area (Å²) >= 11 is 0. The number of nitrogens with one attached hydrogen (secondary N) is 3. The first-order chi connectivity index (χ1) is 26.1. The van der Waals surface area contributed by atoms with Crippen LogP contribution in [-0.2, 0) is 55.0 Å². The molecule has 0 aliphatic carbocycles. The first kappa shape index (κ1) is 37.7. The Balaban J connectivity index is 1.08. The maximum absolute atomic E-state index is 14.0. The molecule has 2 amide bonds. The Morgan fingerprint density at radius 1 is 0.833 bits per heavy atom. The van der Waals surface area contributed by atoms with Crippen LogP contribution in [0.2, 0.25) is 0 Å². The highest BCUT2D eigenvalue weighted by Crippen LogP contribution is 2.33. The molecule has 6 rings (SSSR count). The number of amidine groups is 1. The monoisotopic (exact) mass is 746 g/mol. The third-order valence-corrected chi connectivity index (χ3v) is 10.9. The van der Waals surface area contributed by atoms with Gasteiger partial charge >= 0.3 is 12.1 Å². The van der Waals surface area contributed by atoms with Gasteiger partial charge in [0.15, 0.2) is 0 Å². The van der Waals surface area contributed by atoms with E-state index in [1.54, 1.807) is 53.4 Å². The zero-order valence-electron chi connectivity index (χ0n) is 30.0.